The molecule has 102 valence electrons. The molecule has 1 heterocycles. The molecule has 1 atom stereocenters. The van der Waals surface area contributed by atoms with Gasteiger partial charge in [0.2, 0.25) is 0 Å². The van der Waals surface area contributed by atoms with Crippen LogP contribution in [0.5, 0.6) is 0 Å². The fraction of sp³-hybridized carbons (Fsp3) is 0.125. The van der Waals surface area contributed by atoms with Crippen molar-refractivity contribution in [3.63, 3.8) is 0 Å². The van der Waals surface area contributed by atoms with Crippen molar-refractivity contribution in [2.45, 2.75) is 6.04 Å². The first kappa shape index (κ1) is 13.9. The van der Waals surface area contributed by atoms with E-state index in [1.54, 1.807) is 11.3 Å². The summed E-state index contributed by atoms with van der Waals surface area (Å²) < 4.78 is 0.804. The Morgan fingerprint density at radius 3 is 2.35 bits per heavy atom. The minimum atomic E-state index is 0.120. The number of nitrogens with one attached hydrogen (secondary N) is 1. The van der Waals surface area contributed by atoms with Crippen molar-refractivity contribution in [2.24, 2.45) is 0 Å². The zero-order chi connectivity index (χ0) is 14.1. The Labute approximate surface area is 132 Å². The Kier molecular flexibility index (Phi) is 3.99. The average Bonchev–Trinajstić information content (AvgIpc) is 2.89. The van der Waals surface area contributed by atoms with Gasteiger partial charge < -0.3 is 5.32 Å². The van der Waals surface area contributed by atoms with Gasteiger partial charge in [0.15, 0.2) is 0 Å². The zero-order valence-corrected chi connectivity index (χ0v) is 13.2. The molecule has 20 heavy (non-hydrogen) atoms. The highest BCUT2D eigenvalue weighted by Gasteiger charge is 2.17. The number of hydrogen-bond donors (Lipinski definition) is 1. The highest BCUT2D eigenvalue weighted by molar-refractivity contribution is 7.16. The van der Waals surface area contributed by atoms with Gasteiger partial charge in [-0.15, -0.1) is 11.3 Å². The van der Waals surface area contributed by atoms with Crippen molar-refractivity contribution in [1.82, 2.24) is 5.32 Å². The second kappa shape index (κ2) is 5.74. The lowest BCUT2D eigenvalue weighted by molar-refractivity contribution is 0.709. The predicted molar refractivity (Wildman–Crippen MR) is 89.2 cm³/mol. The van der Waals surface area contributed by atoms with Crippen LogP contribution in [-0.4, -0.2) is 7.05 Å². The maximum Gasteiger partial charge on any atom is 0.0931 e. The average molecular weight is 322 g/mol. The van der Waals surface area contributed by atoms with E-state index in [9.17, 15) is 0 Å². The van der Waals surface area contributed by atoms with Crippen LogP contribution >= 0.6 is 34.5 Å². The fourth-order valence-corrected chi connectivity index (χ4v) is 3.89. The van der Waals surface area contributed by atoms with Crippen LogP contribution < -0.4 is 5.32 Å². The first-order chi connectivity index (χ1) is 9.70. The van der Waals surface area contributed by atoms with E-state index in [1.807, 2.05) is 31.3 Å². The molecule has 3 rings (SSSR count). The molecule has 0 saturated heterocycles. The van der Waals surface area contributed by atoms with Crippen molar-refractivity contribution in [3.8, 4) is 0 Å². The van der Waals surface area contributed by atoms with Crippen molar-refractivity contribution in [1.29, 1.82) is 0 Å². The summed E-state index contributed by atoms with van der Waals surface area (Å²) >= 11 is 13.9. The molecule has 0 spiro atoms. The normalized spacial score (nSPS) is 12.8. The Balaban J connectivity index is 2.20. The smallest absolute Gasteiger partial charge is 0.0931 e. The molecule has 0 fully saturated rings. The molecule has 0 aliphatic rings. The molecular formula is C16H13Cl2NS. The van der Waals surface area contributed by atoms with Gasteiger partial charge in [-0.25, -0.2) is 0 Å². The number of benzene rings is 2. The van der Waals surface area contributed by atoms with Crippen LogP contribution in [0.4, 0.5) is 0 Å². The quantitative estimate of drug-likeness (QED) is 0.670. The summed E-state index contributed by atoms with van der Waals surface area (Å²) in [6, 6.07) is 16.4. The molecule has 1 aromatic heterocycles. The fourth-order valence-electron chi connectivity index (χ4n) is 2.47. The van der Waals surface area contributed by atoms with E-state index in [1.165, 1.54) is 15.8 Å². The summed E-state index contributed by atoms with van der Waals surface area (Å²) in [6.45, 7) is 0. The van der Waals surface area contributed by atoms with Crippen molar-refractivity contribution in [2.75, 3.05) is 7.05 Å². The number of hydrogen-bond acceptors (Lipinski definition) is 2. The summed E-state index contributed by atoms with van der Waals surface area (Å²) in [5.74, 6) is 0. The Morgan fingerprint density at radius 2 is 1.70 bits per heavy atom. The third-order valence-electron chi connectivity index (χ3n) is 3.38. The third kappa shape index (κ3) is 2.45. The molecule has 0 radical (unpaired) electrons. The first-order valence-corrected chi connectivity index (χ1v) is 7.87. The van der Waals surface area contributed by atoms with Gasteiger partial charge >= 0.3 is 0 Å². The van der Waals surface area contributed by atoms with Gasteiger partial charge in [0, 0.05) is 15.3 Å². The second-order valence-corrected chi connectivity index (χ2v) is 6.70. The highest BCUT2D eigenvalue weighted by Crippen LogP contribution is 2.36. The van der Waals surface area contributed by atoms with Gasteiger partial charge in [-0.2, -0.15) is 0 Å². The monoisotopic (exact) mass is 321 g/mol. The maximum atomic E-state index is 6.29. The lowest BCUT2D eigenvalue weighted by Gasteiger charge is -2.18. The molecule has 2 aromatic carbocycles. The molecular weight excluding hydrogens is 309 g/mol. The number of fused-ring (bicyclic) bond motifs is 1. The van der Waals surface area contributed by atoms with Gasteiger partial charge in [-0.1, -0.05) is 53.5 Å². The first-order valence-electron chi connectivity index (χ1n) is 6.30. The van der Waals surface area contributed by atoms with E-state index in [2.05, 4.69) is 29.6 Å². The molecule has 0 saturated carbocycles. The number of halogens is 2. The van der Waals surface area contributed by atoms with Gasteiger partial charge in [0.25, 0.3) is 0 Å². The molecule has 0 amide bonds. The minimum Gasteiger partial charge on any atom is -0.309 e. The van der Waals surface area contributed by atoms with E-state index < -0.39 is 0 Å². The van der Waals surface area contributed by atoms with Gasteiger partial charge in [-0.3, -0.25) is 0 Å². The molecule has 0 aliphatic carbocycles. The number of rotatable bonds is 3. The summed E-state index contributed by atoms with van der Waals surface area (Å²) in [5, 5.41) is 6.40. The molecule has 1 N–H and O–H groups in total. The van der Waals surface area contributed by atoms with E-state index >= 15 is 0 Å². The van der Waals surface area contributed by atoms with Crippen molar-refractivity contribution >= 4 is 45.3 Å². The summed E-state index contributed by atoms with van der Waals surface area (Å²) in [6.07, 6.45) is 0. The largest absolute Gasteiger partial charge is 0.309 e. The van der Waals surface area contributed by atoms with E-state index in [-0.39, 0.29) is 6.04 Å². The highest BCUT2D eigenvalue weighted by atomic mass is 35.5. The molecule has 0 aliphatic heterocycles. The second-order valence-electron chi connectivity index (χ2n) is 4.55. The number of thiophene rings is 1. The molecule has 1 nitrogen and oxygen atoms in total. The van der Waals surface area contributed by atoms with Crippen LogP contribution in [0.25, 0.3) is 10.8 Å². The van der Waals surface area contributed by atoms with Crippen LogP contribution in [0.1, 0.15) is 16.5 Å². The molecule has 3 aromatic rings. The Hall–Kier alpha value is -1.06. The van der Waals surface area contributed by atoms with E-state index in [0.29, 0.717) is 0 Å². The summed E-state index contributed by atoms with van der Waals surface area (Å²) in [4.78, 5) is 1.20. The lowest BCUT2D eigenvalue weighted by Crippen LogP contribution is -2.16. The van der Waals surface area contributed by atoms with Crippen LogP contribution in [0.3, 0.4) is 0 Å². The predicted octanol–water partition coefficient (Wildman–Crippen LogP) is 5.52. The SMILES string of the molecule is CNC(c1ccc(Cl)s1)c1ccc(Cl)c2ccccc12. The van der Waals surface area contributed by atoms with Crippen LogP contribution in [0, 0.1) is 0 Å². The molecule has 1 unspecified atom stereocenters. The van der Waals surface area contributed by atoms with Crippen LogP contribution in [0.2, 0.25) is 9.36 Å². The van der Waals surface area contributed by atoms with Crippen LogP contribution in [0.15, 0.2) is 48.5 Å². The topological polar surface area (TPSA) is 12.0 Å². The Bertz CT molecular complexity index is 751. The van der Waals surface area contributed by atoms with Crippen molar-refractivity contribution in [3.05, 3.63) is 68.3 Å². The maximum absolute atomic E-state index is 6.29. The Morgan fingerprint density at radius 1 is 0.950 bits per heavy atom. The zero-order valence-electron chi connectivity index (χ0n) is 10.9. The van der Waals surface area contributed by atoms with Gasteiger partial charge in [-0.05, 0) is 36.2 Å². The van der Waals surface area contributed by atoms with E-state index in [4.69, 9.17) is 23.2 Å². The van der Waals surface area contributed by atoms with E-state index in [0.717, 1.165) is 14.7 Å². The molecule has 0 bridgehead atoms. The van der Waals surface area contributed by atoms with Gasteiger partial charge in [0.05, 0.1) is 10.4 Å². The third-order valence-corrected chi connectivity index (χ3v) is 5.01. The summed E-state index contributed by atoms with van der Waals surface area (Å²) in [5.41, 5.74) is 1.21. The lowest BCUT2D eigenvalue weighted by atomic mass is 9.98. The summed E-state index contributed by atoms with van der Waals surface area (Å²) in [7, 11) is 1.96. The minimum absolute atomic E-state index is 0.120. The van der Waals surface area contributed by atoms with Crippen LogP contribution in [-0.2, 0) is 0 Å². The molecule has 4 heteroatoms. The standard InChI is InChI=1S/C16H13Cl2NS/c1-19-16(14-8-9-15(18)20-14)12-6-7-13(17)11-5-3-2-4-10(11)12/h2-9,16,19H,1H3. The van der Waals surface area contributed by atoms with Gasteiger partial charge in [0.1, 0.15) is 0 Å². The van der Waals surface area contributed by atoms with Crippen molar-refractivity contribution < 1.29 is 0 Å².